The molecule has 0 aromatic rings. The highest BCUT2D eigenvalue weighted by Crippen LogP contribution is 2.48. The monoisotopic (exact) mass is 201 g/mol. The Morgan fingerprint density at radius 1 is 1.29 bits per heavy atom. The van der Waals surface area contributed by atoms with Gasteiger partial charge in [0.25, 0.3) is 0 Å². The molecular weight excluding hydrogens is 181 g/mol. The highest BCUT2D eigenvalue weighted by atomic mass is 19.1. The van der Waals surface area contributed by atoms with Gasteiger partial charge in [-0.15, -0.1) is 0 Å². The Morgan fingerprint density at radius 2 is 1.93 bits per heavy atom. The lowest BCUT2D eigenvalue weighted by Crippen LogP contribution is -2.62. The van der Waals surface area contributed by atoms with Crippen molar-refractivity contribution in [3.05, 3.63) is 0 Å². The number of halogens is 1. The molecule has 0 radical (unpaired) electrons. The largest absolute Gasteiger partial charge is 0.313 e. The summed E-state index contributed by atoms with van der Waals surface area (Å²) < 4.78 is 13.4. The van der Waals surface area contributed by atoms with Gasteiger partial charge in [-0.2, -0.15) is 5.06 Å². The average Bonchev–Trinajstić information content (AvgIpc) is 1.94. The molecule has 0 aromatic heterocycles. The number of hydrogen-bond donors (Lipinski definition) is 1. The summed E-state index contributed by atoms with van der Waals surface area (Å²) in [6.07, 6.45) is 2.02. The summed E-state index contributed by atoms with van der Waals surface area (Å²) in [5.41, 5.74) is -0.108. The molecular formula is C11H20FNO. The van der Waals surface area contributed by atoms with Gasteiger partial charge in [-0.25, -0.2) is 4.39 Å². The molecule has 1 N–H and O–H groups in total. The first-order chi connectivity index (χ1) is 6.32. The van der Waals surface area contributed by atoms with Crippen molar-refractivity contribution in [3.63, 3.8) is 0 Å². The Labute approximate surface area is 85.1 Å². The number of fused-ring (bicyclic) bond motifs is 2. The molecule has 0 aromatic carbocycles. The van der Waals surface area contributed by atoms with Gasteiger partial charge in [-0.05, 0) is 38.0 Å². The molecule has 0 spiro atoms. The van der Waals surface area contributed by atoms with Crippen molar-refractivity contribution < 1.29 is 9.60 Å². The number of hydrogen-bond acceptors (Lipinski definition) is 2. The lowest BCUT2D eigenvalue weighted by atomic mass is 9.65. The standard InChI is InChI=1S/C11H20FNO/c1-10(2)6-9-4-8(12)5-11(3,7-10)13(9)14/h8-9,14H,4-7H2,1-3H3. The molecule has 82 valence electrons. The van der Waals surface area contributed by atoms with E-state index in [1.165, 1.54) is 5.06 Å². The summed E-state index contributed by atoms with van der Waals surface area (Å²) in [4.78, 5) is 0. The van der Waals surface area contributed by atoms with E-state index in [4.69, 9.17) is 0 Å². The summed E-state index contributed by atoms with van der Waals surface area (Å²) in [5.74, 6) is 0. The fraction of sp³-hybridized carbons (Fsp3) is 1.00. The topological polar surface area (TPSA) is 23.5 Å². The molecule has 14 heavy (non-hydrogen) atoms. The third kappa shape index (κ3) is 1.57. The number of alkyl halides is 1. The highest BCUT2D eigenvalue weighted by molar-refractivity contribution is 5.02. The quantitative estimate of drug-likeness (QED) is 0.651. The Morgan fingerprint density at radius 3 is 2.50 bits per heavy atom. The van der Waals surface area contributed by atoms with Crippen molar-refractivity contribution in [1.82, 2.24) is 5.06 Å². The van der Waals surface area contributed by atoms with Crippen LogP contribution >= 0.6 is 0 Å². The maximum Gasteiger partial charge on any atom is 0.104 e. The third-order valence-corrected chi connectivity index (χ3v) is 3.74. The number of rotatable bonds is 0. The van der Waals surface area contributed by atoms with E-state index in [9.17, 15) is 9.60 Å². The second kappa shape index (κ2) is 2.92. The van der Waals surface area contributed by atoms with Crippen molar-refractivity contribution in [1.29, 1.82) is 0 Å². The second-order valence-electron chi connectivity index (χ2n) is 6.08. The van der Waals surface area contributed by atoms with Gasteiger partial charge < -0.3 is 5.21 Å². The zero-order valence-corrected chi connectivity index (χ0v) is 9.26. The normalized spacial score (nSPS) is 47.8. The SMILES string of the molecule is CC1(C)CC2CC(F)CC(C)(C1)N2O. The van der Waals surface area contributed by atoms with E-state index in [2.05, 4.69) is 13.8 Å². The lowest BCUT2D eigenvalue weighted by Gasteiger charge is -2.55. The van der Waals surface area contributed by atoms with Crippen LogP contribution in [0.3, 0.4) is 0 Å². The smallest absolute Gasteiger partial charge is 0.104 e. The second-order valence-corrected chi connectivity index (χ2v) is 6.08. The predicted octanol–water partition coefficient (Wildman–Crippen LogP) is 2.76. The van der Waals surface area contributed by atoms with E-state index in [1.807, 2.05) is 6.92 Å². The van der Waals surface area contributed by atoms with Crippen LogP contribution in [0.4, 0.5) is 4.39 Å². The van der Waals surface area contributed by atoms with Gasteiger partial charge >= 0.3 is 0 Å². The van der Waals surface area contributed by atoms with Gasteiger partial charge in [0.1, 0.15) is 6.17 Å². The molecule has 2 aliphatic heterocycles. The first-order valence-electron chi connectivity index (χ1n) is 5.45. The van der Waals surface area contributed by atoms with Crippen LogP contribution in [0, 0.1) is 5.41 Å². The molecule has 2 heterocycles. The molecule has 2 bridgehead atoms. The zero-order valence-electron chi connectivity index (χ0n) is 9.26. The molecule has 2 nitrogen and oxygen atoms in total. The minimum absolute atomic E-state index is 0.0208. The fourth-order valence-electron chi connectivity index (χ4n) is 3.55. The van der Waals surface area contributed by atoms with Gasteiger partial charge in [0.2, 0.25) is 0 Å². The molecule has 0 amide bonds. The molecule has 2 aliphatic rings. The van der Waals surface area contributed by atoms with E-state index in [0.717, 1.165) is 12.8 Å². The van der Waals surface area contributed by atoms with E-state index in [1.54, 1.807) is 0 Å². The molecule has 3 heteroatoms. The molecule has 2 saturated heterocycles. The van der Waals surface area contributed by atoms with Crippen molar-refractivity contribution in [2.75, 3.05) is 0 Å². The number of piperidine rings is 2. The minimum atomic E-state index is -0.732. The van der Waals surface area contributed by atoms with Crippen LogP contribution in [0.5, 0.6) is 0 Å². The maximum absolute atomic E-state index is 13.4. The van der Waals surface area contributed by atoms with E-state index in [0.29, 0.717) is 12.8 Å². The zero-order chi connectivity index (χ0) is 10.6. The van der Waals surface area contributed by atoms with Gasteiger partial charge in [-0.3, -0.25) is 0 Å². The molecule has 2 fully saturated rings. The molecule has 3 atom stereocenters. The van der Waals surface area contributed by atoms with E-state index < -0.39 is 6.17 Å². The summed E-state index contributed by atoms with van der Waals surface area (Å²) >= 11 is 0. The van der Waals surface area contributed by atoms with E-state index >= 15 is 0 Å². The Bertz CT molecular complexity index is 243. The average molecular weight is 201 g/mol. The number of nitrogens with zero attached hydrogens (tertiary/aromatic N) is 1. The highest BCUT2D eigenvalue weighted by Gasteiger charge is 2.51. The Balaban J connectivity index is 2.26. The van der Waals surface area contributed by atoms with Crippen molar-refractivity contribution in [3.8, 4) is 0 Å². The van der Waals surface area contributed by atoms with Crippen LogP contribution in [0.25, 0.3) is 0 Å². The van der Waals surface area contributed by atoms with E-state index in [-0.39, 0.29) is 17.0 Å². The number of hydroxylamine groups is 2. The summed E-state index contributed by atoms with van der Waals surface area (Å²) in [5, 5.41) is 11.4. The van der Waals surface area contributed by atoms with Gasteiger partial charge in [0.15, 0.2) is 0 Å². The van der Waals surface area contributed by atoms with Crippen molar-refractivity contribution in [2.24, 2.45) is 5.41 Å². The van der Waals surface area contributed by atoms with Crippen molar-refractivity contribution in [2.45, 2.75) is 64.2 Å². The first-order valence-corrected chi connectivity index (χ1v) is 5.45. The minimum Gasteiger partial charge on any atom is -0.313 e. The summed E-state index contributed by atoms with van der Waals surface area (Å²) in [6.45, 7) is 6.40. The van der Waals surface area contributed by atoms with Crippen molar-refractivity contribution >= 4 is 0 Å². The first kappa shape index (κ1) is 10.4. The lowest BCUT2D eigenvalue weighted by molar-refractivity contribution is -0.261. The summed E-state index contributed by atoms with van der Waals surface area (Å²) in [7, 11) is 0. The van der Waals surface area contributed by atoms with Gasteiger partial charge in [0.05, 0.1) is 0 Å². The van der Waals surface area contributed by atoms with Crippen LogP contribution in [-0.4, -0.2) is 28.0 Å². The molecule has 0 saturated carbocycles. The summed E-state index contributed by atoms with van der Waals surface area (Å²) in [6, 6.07) is 0.0208. The van der Waals surface area contributed by atoms with Crippen LogP contribution in [0.15, 0.2) is 0 Å². The van der Waals surface area contributed by atoms with Crippen LogP contribution in [0.1, 0.15) is 46.5 Å². The van der Waals surface area contributed by atoms with Crippen LogP contribution < -0.4 is 0 Å². The van der Waals surface area contributed by atoms with Crippen LogP contribution in [-0.2, 0) is 0 Å². The Hall–Kier alpha value is -0.150. The van der Waals surface area contributed by atoms with Gasteiger partial charge in [-0.1, -0.05) is 13.8 Å². The predicted molar refractivity (Wildman–Crippen MR) is 53.0 cm³/mol. The molecule has 3 unspecified atom stereocenters. The molecule has 2 rings (SSSR count). The van der Waals surface area contributed by atoms with Crippen LogP contribution in [0.2, 0.25) is 0 Å². The fourth-order valence-corrected chi connectivity index (χ4v) is 3.55. The molecule has 0 aliphatic carbocycles. The Kier molecular flexibility index (Phi) is 2.16. The maximum atomic E-state index is 13.4. The third-order valence-electron chi connectivity index (χ3n) is 3.74. The van der Waals surface area contributed by atoms with Gasteiger partial charge in [0, 0.05) is 11.6 Å².